The van der Waals surface area contributed by atoms with Gasteiger partial charge in [-0.25, -0.2) is 0 Å². The summed E-state index contributed by atoms with van der Waals surface area (Å²) in [7, 11) is 0. The van der Waals surface area contributed by atoms with E-state index < -0.39 is 0 Å². The van der Waals surface area contributed by atoms with E-state index in [0.717, 1.165) is 5.69 Å². The molecule has 2 heterocycles. The Kier molecular flexibility index (Phi) is 4.76. The molecule has 3 rings (SSSR count). The Morgan fingerprint density at radius 2 is 2.21 bits per heavy atom. The SMILES string of the molecule is CCn1ccc(C(=O)N[C@H](c2ccccn2)C2CC(O)C2)cc1=O. The van der Waals surface area contributed by atoms with Crippen molar-refractivity contribution in [2.24, 2.45) is 5.92 Å². The molecular weight excluding hydrogens is 306 g/mol. The molecule has 1 saturated carbocycles. The standard InChI is InChI=1S/C18H21N3O3/c1-2-21-8-6-12(11-16(21)23)18(24)20-17(13-9-14(22)10-13)15-5-3-4-7-19-15/h3-8,11,13-14,17,22H,2,9-10H2,1H3,(H,20,24)/t13?,14?,17-/m0/s1. The maximum absolute atomic E-state index is 12.6. The molecule has 0 radical (unpaired) electrons. The number of carbonyl (C=O) groups is 1. The molecule has 1 fully saturated rings. The van der Waals surface area contributed by atoms with Gasteiger partial charge in [0.25, 0.3) is 11.5 Å². The summed E-state index contributed by atoms with van der Waals surface area (Å²) in [6.45, 7) is 2.44. The fraction of sp³-hybridized carbons (Fsp3) is 0.389. The number of hydrogen-bond acceptors (Lipinski definition) is 4. The minimum Gasteiger partial charge on any atom is -0.393 e. The summed E-state index contributed by atoms with van der Waals surface area (Å²) in [4.78, 5) is 28.8. The van der Waals surface area contributed by atoms with Crippen molar-refractivity contribution in [2.75, 3.05) is 0 Å². The van der Waals surface area contributed by atoms with Gasteiger partial charge in [0.1, 0.15) is 0 Å². The summed E-state index contributed by atoms with van der Waals surface area (Å²) in [5.41, 5.74) is 0.911. The predicted molar refractivity (Wildman–Crippen MR) is 89.6 cm³/mol. The summed E-state index contributed by atoms with van der Waals surface area (Å²) in [5.74, 6) is -0.151. The minimum atomic E-state index is -0.313. The van der Waals surface area contributed by atoms with Gasteiger partial charge < -0.3 is 15.0 Å². The first-order valence-electron chi connectivity index (χ1n) is 8.19. The van der Waals surface area contributed by atoms with Crippen LogP contribution in [0.3, 0.4) is 0 Å². The monoisotopic (exact) mass is 327 g/mol. The molecule has 0 bridgehead atoms. The number of amides is 1. The fourth-order valence-electron chi connectivity index (χ4n) is 3.03. The Hall–Kier alpha value is -2.47. The van der Waals surface area contributed by atoms with Crippen LogP contribution in [0.25, 0.3) is 0 Å². The molecule has 2 aromatic heterocycles. The Balaban J connectivity index is 1.81. The third-order valence-electron chi connectivity index (χ3n) is 4.51. The van der Waals surface area contributed by atoms with Gasteiger partial charge in [-0.3, -0.25) is 14.6 Å². The van der Waals surface area contributed by atoms with E-state index in [-0.39, 0.29) is 29.5 Å². The lowest BCUT2D eigenvalue weighted by molar-refractivity contribution is 0.0228. The van der Waals surface area contributed by atoms with E-state index in [9.17, 15) is 14.7 Å². The second-order valence-corrected chi connectivity index (χ2v) is 6.13. The lowest BCUT2D eigenvalue weighted by Crippen LogP contribution is -2.42. The highest BCUT2D eigenvalue weighted by Gasteiger charge is 2.36. The van der Waals surface area contributed by atoms with Gasteiger partial charge in [-0.1, -0.05) is 6.07 Å². The highest BCUT2D eigenvalue weighted by atomic mass is 16.3. The van der Waals surface area contributed by atoms with E-state index in [2.05, 4.69) is 10.3 Å². The number of aliphatic hydroxyl groups is 1. The molecule has 1 aliphatic carbocycles. The largest absolute Gasteiger partial charge is 0.393 e. The van der Waals surface area contributed by atoms with E-state index in [4.69, 9.17) is 0 Å². The first kappa shape index (κ1) is 16.4. The molecule has 0 unspecified atom stereocenters. The molecule has 126 valence electrons. The maximum Gasteiger partial charge on any atom is 0.252 e. The van der Waals surface area contributed by atoms with Gasteiger partial charge in [-0.2, -0.15) is 0 Å². The van der Waals surface area contributed by atoms with Crippen molar-refractivity contribution in [1.82, 2.24) is 14.9 Å². The van der Waals surface area contributed by atoms with Gasteiger partial charge in [0.15, 0.2) is 0 Å². The average Bonchev–Trinajstić information content (AvgIpc) is 2.57. The van der Waals surface area contributed by atoms with Crippen LogP contribution in [0.15, 0.2) is 47.5 Å². The summed E-state index contributed by atoms with van der Waals surface area (Å²) < 4.78 is 1.54. The van der Waals surface area contributed by atoms with Crippen molar-refractivity contribution >= 4 is 5.91 Å². The summed E-state index contributed by atoms with van der Waals surface area (Å²) in [5, 5.41) is 12.6. The molecule has 24 heavy (non-hydrogen) atoms. The number of carbonyl (C=O) groups excluding carboxylic acids is 1. The Bertz CT molecular complexity index is 767. The summed E-state index contributed by atoms with van der Waals surface area (Å²) in [6, 6.07) is 8.29. The van der Waals surface area contributed by atoms with E-state index in [0.29, 0.717) is 24.9 Å². The van der Waals surface area contributed by atoms with E-state index in [1.165, 1.54) is 10.6 Å². The molecule has 1 aliphatic rings. The zero-order valence-corrected chi connectivity index (χ0v) is 13.6. The number of aryl methyl sites for hydroxylation is 1. The van der Waals surface area contributed by atoms with Crippen molar-refractivity contribution in [3.8, 4) is 0 Å². The number of nitrogens with one attached hydrogen (secondary N) is 1. The molecule has 1 amide bonds. The van der Waals surface area contributed by atoms with Crippen LogP contribution in [-0.4, -0.2) is 26.7 Å². The zero-order valence-electron chi connectivity index (χ0n) is 13.6. The Morgan fingerprint density at radius 3 is 2.79 bits per heavy atom. The third-order valence-corrected chi connectivity index (χ3v) is 4.51. The molecule has 1 atom stereocenters. The van der Waals surface area contributed by atoms with Crippen LogP contribution >= 0.6 is 0 Å². The first-order valence-corrected chi connectivity index (χ1v) is 8.19. The molecule has 2 N–H and O–H groups in total. The van der Waals surface area contributed by atoms with Crippen molar-refractivity contribution in [3.63, 3.8) is 0 Å². The number of hydrogen-bond donors (Lipinski definition) is 2. The third kappa shape index (κ3) is 3.38. The van der Waals surface area contributed by atoms with Gasteiger partial charge in [-0.15, -0.1) is 0 Å². The molecule has 2 aromatic rings. The maximum atomic E-state index is 12.6. The van der Waals surface area contributed by atoms with Crippen LogP contribution < -0.4 is 10.9 Å². The Labute approximate surface area is 140 Å². The topological polar surface area (TPSA) is 84.2 Å². The number of pyridine rings is 2. The summed E-state index contributed by atoms with van der Waals surface area (Å²) >= 11 is 0. The second-order valence-electron chi connectivity index (χ2n) is 6.13. The molecule has 0 aromatic carbocycles. The number of nitrogens with zero attached hydrogens (tertiary/aromatic N) is 2. The number of aliphatic hydroxyl groups excluding tert-OH is 1. The highest BCUT2D eigenvalue weighted by Crippen LogP contribution is 2.37. The molecule has 0 saturated heterocycles. The van der Waals surface area contributed by atoms with Gasteiger partial charge in [-0.05, 0) is 43.9 Å². The average molecular weight is 327 g/mol. The van der Waals surface area contributed by atoms with E-state index in [1.54, 1.807) is 18.5 Å². The molecule has 6 nitrogen and oxygen atoms in total. The van der Waals surface area contributed by atoms with Gasteiger partial charge in [0.2, 0.25) is 0 Å². The van der Waals surface area contributed by atoms with Crippen LogP contribution in [0.2, 0.25) is 0 Å². The zero-order chi connectivity index (χ0) is 17.1. The normalized spacial score (nSPS) is 20.9. The summed E-state index contributed by atoms with van der Waals surface area (Å²) in [6.07, 6.45) is 4.27. The van der Waals surface area contributed by atoms with Crippen molar-refractivity contribution in [3.05, 3.63) is 64.3 Å². The van der Waals surface area contributed by atoms with Crippen molar-refractivity contribution < 1.29 is 9.90 Å². The van der Waals surface area contributed by atoms with Crippen LogP contribution in [0.1, 0.15) is 41.9 Å². The molecular formula is C18H21N3O3. The minimum absolute atomic E-state index is 0.148. The number of aromatic nitrogens is 2. The highest BCUT2D eigenvalue weighted by molar-refractivity contribution is 5.94. The van der Waals surface area contributed by atoms with Crippen LogP contribution in [-0.2, 0) is 6.54 Å². The van der Waals surface area contributed by atoms with Crippen LogP contribution in [0.4, 0.5) is 0 Å². The number of rotatable bonds is 5. The smallest absolute Gasteiger partial charge is 0.252 e. The molecule has 0 aliphatic heterocycles. The first-order chi connectivity index (χ1) is 11.6. The lowest BCUT2D eigenvalue weighted by Gasteiger charge is -2.37. The Morgan fingerprint density at radius 1 is 1.42 bits per heavy atom. The lowest BCUT2D eigenvalue weighted by atomic mass is 9.76. The quantitative estimate of drug-likeness (QED) is 0.872. The van der Waals surface area contributed by atoms with Crippen LogP contribution in [0, 0.1) is 5.92 Å². The van der Waals surface area contributed by atoms with Crippen molar-refractivity contribution in [2.45, 2.75) is 38.5 Å². The second kappa shape index (κ2) is 6.97. The van der Waals surface area contributed by atoms with Gasteiger partial charge in [0, 0.05) is 30.6 Å². The van der Waals surface area contributed by atoms with E-state index >= 15 is 0 Å². The van der Waals surface area contributed by atoms with Gasteiger partial charge in [0.05, 0.1) is 17.8 Å². The molecule has 0 spiro atoms. The van der Waals surface area contributed by atoms with Crippen LogP contribution in [0.5, 0.6) is 0 Å². The fourth-order valence-corrected chi connectivity index (χ4v) is 3.03. The molecule has 6 heteroatoms. The van der Waals surface area contributed by atoms with Gasteiger partial charge >= 0.3 is 0 Å². The van der Waals surface area contributed by atoms with Crippen molar-refractivity contribution in [1.29, 1.82) is 0 Å². The predicted octanol–water partition coefficient (Wildman–Crippen LogP) is 1.51. The van der Waals surface area contributed by atoms with E-state index in [1.807, 2.05) is 25.1 Å².